The van der Waals surface area contributed by atoms with Gasteiger partial charge in [0.15, 0.2) is 17.2 Å². The topological polar surface area (TPSA) is 87.5 Å². The van der Waals surface area contributed by atoms with E-state index >= 15 is 0 Å². The highest BCUT2D eigenvalue weighted by atomic mass is 19.1. The van der Waals surface area contributed by atoms with E-state index in [4.69, 9.17) is 14.2 Å². The Labute approximate surface area is 165 Å². The summed E-state index contributed by atoms with van der Waals surface area (Å²) in [4.78, 5) is 12.7. The molecule has 2 aliphatic rings. The molecule has 8 nitrogen and oxygen atoms in total. The normalized spacial score (nSPS) is 17.5. The zero-order valence-corrected chi connectivity index (χ0v) is 15.3. The molecule has 3 aromatic rings. The Morgan fingerprint density at radius 1 is 1.10 bits per heavy atom. The fourth-order valence-corrected chi connectivity index (χ4v) is 3.38. The standard InChI is InChI=1S/C20H17FN4O4/c21-13-3-1-12(2-4-13)18-10-25-15(11-29-18)19(23-24-25)20(26)22-14-5-6-16-17(9-14)28-8-7-27-16/h1-6,9,18H,7-8,10-11H2,(H,22,26)/t18-/m0/s1. The van der Waals surface area contributed by atoms with E-state index in [1.807, 2.05) is 0 Å². The summed E-state index contributed by atoms with van der Waals surface area (Å²) < 4.78 is 31.7. The van der Waals surface area contributed by atoms with Crippen LogP contribution in [0.25, 0.3) is 0 Å². The summed E-state index contributed by atoms with van der Waals surface area (Å²) in [6.45, 7) is 1.55. The summed E-state index contributed by atoms with van der Waals surface area (Å²) in [5.41, 5.74) is 2.22. The van der Waals surface area contributed by atoms with Gasteiger partial charge in [0, 0.05) is 11.8 Å². The molecule has 9 heteroatoms. The number of carbonyl (C=O) groups excluding carboxylic acids is 1. The van der Waals surface area contributed by atoms with Crippen LogP contribution in [-0.2, 0) is 17.9 Å². The molecule has 0 aliphatic carbocycles. The fraction of sp³-hybridized carbons (Fsp3) is 0.250. The molecule has 0 saturated carbocycles. The van der Waals surface area contributed by atoms with E-state index in [-0.39, 0.29) is 30.1 Å². The van der Waals surface area contributed by atoms with E-state index in [1.54, 1.807) is 35.0 Å². The quantitative estimate of drug-likeness (QED) is 0.733. The Kier molecular flexibility index (Phi) is 4.36. The number of carbonyl (C=O) groups is 1. The van der Waals surface area contributed by atoms with E-state index in [0.29, 0.717) is 42.6 Å². The van der Waals surface area contributed by atoms with Crippen molar-refractivity contribution in [2.75, 3.05) is 18.5 Å². The molecule has 1 amide bonds. The molecule has 0 spiro atoms. The largest absolute Gasteiger partial charge is 0.486 e. The van der Waals surface area contributed by atoms with Gasteiger partial charge in [0.25, 0.3) is 5.91 Å². The maximum atomic E-state index is 13.1. The molecular weight excluding hydrogens is 379 g/mol. The van der Waals surface area contributed by atoms with Gasteiger partial charge in [0.2, 0.25) is 0 Å². The maximum Gasteiger partial charge on any atom is 0.278 e. The van der Waals surface area contributed by atoms with E-state index in [0.717, 1.165) is 5.56 Å². The number of aromatic nitrogens is 3. The Bertz CT molecular complexity index is 1070. The number of hydrogen-bond acceptors (Lipinski definition) is 6. The second-order valence-corrected chi connectivity index (χ2v) is 6.73. The van der Waals surface area contributed by atoms with E-state index in [1.165, 1.54) is 12.1 Å². The number of halogens is 1. The maximum absolute atomic E-state index is 13.1. The van der Waals surface area contributed by atoms with E-state index in [9.17, 15) is 9.18 Å². The van der Waals surface area contributed by atoms with Gasteiger partial charge in [-0.15, -0.1) is 5.10 Å². The molecule has 1 aromatic heterocycles. The summed E-state index contributed by atoms with van der Waals surface area (Å²) in [6, 6.07) is 11.3. The minimum Gasteiger partial charge on any atom is -0.486 e. The number of nitrogens with zero attached hydrogens (tertiary/aromatic N) is 3. The van der Waals surface area contributed by atoms with Gasteiger partial charge in [0.05, 0.1) is 18.8 Å². The van der Waals surface area contributed by atoms with Gasteiger partial charge in [-0.25, -0.2) is 9.07 Å². The molecular formula is C20H17FN4O4. The third-order valence-corrected chi connectivity index (χ3v) is 4.85. The van der Waals surface area contributed by atoms with Crippen LogP contribution in [0.15, 0.2) is 42.5 Å². The Balaban J connectivity index is 1.32. The van der Waals surface area contributed by atoms with Crippen LogP contribution in [0.2, 0.25) is 0 Å². The van der Waals surface area contributed by atoms with Crippen LogP contribution in [0, 0.1) is 5.82 Å². The van der Waals surface area contributed by atoms with Gasteiger partial charge in [-0.2, -0.15) is 0 Å². The molecule has 1 atom stereocenters. The summed E-state index contributed by atoms with van der Waals surface area (Å²) in [7, 11) is 0. The lowest BCUT2D eigenvalue weighted by molar-refractivity contribution is -0.00174. The zero-order valence-electron chi connectivity index (χ0n) is 15.3. The number of hydrogen-bond donors (Lipinski definition) is 1. The van der Waals surface area contributed by atoms with Crippen LogP contribution in [0.3, 0.4) is 0 Å². The average molecular weight is 396 g/mol. The predicted octanol–water partition coefficient (Wildman–Crippen LogP) is 2.71. The summed E-state index contributed by atoms with van der Waals surface area (Å²) >= 11 is 0. The molecule has 2 aliphatic heterocycles. The Hall–Kier alpha value is -3.46. The molecule has 148 valence electrons. The minimum absolute atomic E-state index is 0.179. The van der Waals surface area contributed by atoms with Crippen LogP contribution < -0.4 is 14.8 Å². The third-order valence-electron chi connectivity index (χ3n) is 4.85. The first-order chi connectivity index (χ1) is 14.2. The lowest BCUT2D eigenvalue weighted by Gasteiger charge is -2.24. The van der Waals surface area contributed by atoms with Gasteiger partial charge in [0.1, 0.15) is 25.1 Å². The Morgan fingerprint density at radius 3 is 2.72 bits per heavy atom. The fourth-order valence-electron chi connectivity index (χ4n) is 3.38. The summed E-state index contributed by atoms with van der Waals surface area (Å²) in [5.74, 6) is 0.552. The SMILES string of the molecule is O=C(Nc1ccc2c(c1)OCCO2)c1nnn2c1CO[C@H](c1ccc(F)cc1)C2. The van der Waals surface area contributed by atoms with Crippen molar-refractivity contribution in [2.45, 2.75) is 19.3 Å². The molecule has 0 radical (unpaired) electrons. The molecule has 1 N–H and O–H groups in total. The van der Waals surface area contributed by atoms with Gasteiger partial charge in [-0.1, -0.05) is 17.3 Å². The minimum atomic E-state index is -0.383. The number of nitrogens with one attached hydrogen (secondary N) is 1. The van der Waals surface area contributed by atoms with Crippen molar-refractivity contribution in [1.29, 1.82) is 0 Å². The van der Waals surface area contributed by atoms with Crippen LogP contribution in [-0.4, -0.2) is 34.1 Å². The molecule has 0 saturated heterocycles. The second-order valence-electron chi connectivity index (χ2n) is 6.73. The number of amides is 1. The second kappa shape index (κ2) is 7.17. The third kappa shape index (κ3) is 3.40. The van der Waals surface area contributed by atoms with Gasteiger partial charge < -0.3 is 19.5 Å². The molecule has 3 heterocycles. The zero-order chi connectivity index (χ0) is 19.8. The lowest BCUT2D eigenvalue weighted by atomic mass is 10.1. The van der Waals surface area contributed by atoms with E-state index in [2.05, 4.69) is 15.6 Å². The van der Waals surface area contributed by atoms with E-state index < -0.39 is 0 Å². The summed E-state index contributed by atoms with van der Waals surface area (Å²) in [5, 5.41) is 10.9. The first kappa shape index (κ1) is 17.6. The number of anilines is 1. The Morgan fingerprint density at radius 2 is 1.90 bits per heavy atom. The molecule has 0 fully saturated rings. The summed E-state index contributed by atoms with van der Waals surface area (Å²) in [6.07, 6.45) is -0.279. The van der Waals surface area contributed by atoms with Crippen molar-refractivity contribution in [1.82, 2.24) is 15.0 Å². The van der Waals surface area contributed by atoms with Gasteiger partial charge in [-0.05, 0) is 29.8 Å². The van der Waals surface area contributed by atoms with Crippen LogP contribution in [0.4, 0.5) is 10.1 Å². The molecule has 0 unspecified atom stereocenters. The molecule has 0 bridgehead atoms. The average Bonchev–Trinajstić information content (AvgIpc) is 3.17. The van der Waals surface area contributed by atoms with Crippen LogP contribution in [0.1, 0.15) is 27.8 Å². The van der Waals surface area contributed by atoms with Crippen molar-refractivity contribution in [3.05, 3.63) is 65.2 Å². The van der Waals surface area contributed by atoms with Crippen molar-refractivity contribution in [3.63, 3.8) is 0 Å². The first-order valence-electron chi connectivity index (χ1n) is 9.18. The number of ether oxygens (including phenoxy) is 3. The molecule has 2 aromatic carbocycles. The van der Waals surface area contributed by atoms with Gasteiger partial charge >= 0.3 is 0 Å². The van der Waals surface area contributed by atoms with Crippen LogP contribution >= 0.6 is 0 Å². The molecule has 29 heavy (non-hydrogen) atoms. The number of benzene rings is 2. The lowest BCUT2D eigenvalue weighted by Crippen LogP contribution is -2.24. The predicted molar refractivity (Wildman–Crippen MR) is 99.3 cm³/mol. The van der Waals surface area contributed by atoms with Gasteiger partial charge in [-0.3, -0.25) is 4.79 Å². The monoisotopic (exact) mass is 396 g/mol. The van der Waals surface area contributed by atoms with Crippen LogP contribution in [0.5, 0.6) is 11.5 Å². The highest BCUT2D eigenvalue weighted by Gasteiger charge is 2.28. The number of fused-ring (bicyclic) bond motifs is 2. The highest BCUT2D eigenvalue weighted by molar-refractivity contribution is 6.03. The first-order valence-corrected chi connectivity index (χ1v) is 9.18. The molecule has 5 rings (SSSR count). The highest BCUT2D eigenvalue weighted by Crippen LogP contribution is 2.33. The smallest absolute Gasteiger partial charge is 0.278 e. The van der Waals surface area contributed by atoms with Crippen molar-refractivity contribution in [3.8, 4) is 11.5 Å². The van der Waals surface area contributed by atoms with Crippen molar-refractivity contribution in [2.24, 2.45) is 0 Å². The van der Waals surface area contributed by atoms with Crippen molar-refractivity contribution < 1.29 is 23.4 Å². The van der Waals surface area contributed by atoms with Crippen molar-refractivity contribution >= 4 is 11.6 Å². The number of rotatable bonds is 3.